The van der Waals surface area contributed by atoms with Gasteiger partial charge < -0.3 is 5.11 Å². The van der Waals surface area contributed by atoms with Crippen LogP contribution in [0.1, 0.15) is 11.1 Å². The maximum absolute atomic E-state index is 13.3. The van der Waals surface area contributed by atoms with E-state index in [1.54, 1.807) is 24.5 Å². The van der Waals surface area contributed by atoms with Gasteiger partial charge in [0.25, 0.3) is 0 Å². The van der Waals surface area contributed by atoms with Crippen molar-refractivity contribution in [2.75, 3.05) is 7.05 Å². The number of aromatic nitrogens is 1. The summed E-state index contributed by atoms with van der Waals surface area (Å²) in [6, 6.07) is 6.81. The van der Waals surface area contributed by atoms with Crippen molar-refractivity contribution in [3.8, 4) is 0 Å². The molecule has 7 heteroatoms. The minimum absolute atomic E-state index is 0.0478. The summed E-state index contributed by atoms with van der Waals surface area (Å²) in [5.41, 5.74) is 0.744. The van der Waals surface area contributed by atoms with Crippen molar-refractivity contribution in [3.63, 3.8) is 0 Å². The molecule has 0 unspecified atom stereocenters. The Labute approximate surface area is 122 Å². The highest BCUT2D eigenvalue weighted by molar-refractivity contribution is 7.89. The van der Waals surface area contributed by atoms with Gasteiger partial charge >= 0.3 is 0 Å². The maximum atomic E-state index is 13.3. The summed E-state index contributed by atoms with van der Waals surface area (Å²) in [6.45, 7) is -0.375. The van der Waals surface area contributed by atoms with Crippen LogP contribution in [0.3, 0.4) is 0 Å². The van der Waals surface area contributed by atoms with Crippen molar-refractivity contribution in [1.82, 2.24) is 9.29 Å². The van der Waals surface area contributed by atoms with E-state index in [4.69, 9.17) is 5.11 Å². The number of rotatable bonds is 5. The number of sulfonamides is 1. The second-order valence-electron chi connectivity index (χ2n) is 4.53. The number of nitrogens with zero attached hydrogens (tertiary/aromatic N) is 2. The number of aliphatic hydroxyl groups is 1. The van der Waals surface area contributed by atoms with Crippen LogP contribution in [-0.2, 0) is 23.2 Å². The minimum Gasteiger partial charge on any atom is -0.392 e. The Morgan fingerprint density at radius 1 is 1.24 bits per heavy atom. The molecule has 1 aromatic heterocycles. The highest BCUT2D eigenvalue weighted by Gasteiger charge is 2.22. The van der Waals surface area contributed by atoms with Crippen LogP contribution >= 0.6 is 0 Å². The van der Waals surface area contributed by atoms with E-state index in [0.29, 0.717) is 0 Å². The molecule has 0 aliphatic rings. The summed E-state index contributed by atoms with van der Waals surface area (Å²) in [4.78, 5) is 3.82. The molecule has 0 saturated heterocycles. The lowest BCUT2D eigenvalue weighted by molar-refractivity contribution is 0.275. The van der Waals surface area contributed by atoms with E-state index in [1.807, 2.05) is 0 Å². The number of aliphatic hydroxyl groups excluding tert-OH is 1. The molecular weight excluding hydrogens is 295 g/mol. The predicted octanol–water partition coefficient (Wildman–Crippen LogP) is 1.53. The summed E-state index contributed by atoms with van der Waals surface area (Å²) in [7, 11) is -2.31. The zero-order chi connectivity index (χ0) is 15.5. The van der Waals surface area contributed by atoms with Crippen LogP contribution in [0.15, 0.2) is 47.6 Å². The van der Waals surface area contributed by atoms with Gasteiger partial charge in [-0.05, 0) is 35.9 Å². The van der Waals surface area contributed by atoms with Crippen molar-refractivity contribution in [3.05, 3.63) is 59.7 Å². The SMILES string of the molecule is CN(Cc1ccncc1)S(=O)(=O)c1ccc(F)c(CO)c1. The first-order chi connectivity index (χ1) is 9.95. The first-order valence-electron chi connectivity index (χ1n) is 6.19. The summed E-state index contributed by atoms with van der Waals surface area (Å²) in [6.07, 6.45) is 3.16. The number of hydrogen-bond donors (Lipinski definition) is 1. The summed E-state index contributed by atoms with van der Waals surface area (Å²) < 4.78 is 39.3. The topological polar surface area (TPSA) is 70.5 Å². The molecule has 2 rings (SSSR count). The third-order valence-corrected chi connectivity index (χ3v) is 4.85. The lowest BCUT2D eigenvalue weighted by atomic mass is 10.2. The molecule has 112 valence electrons. The van der Waals surface area contributed by atoms with Gasteiger partial charge in [-0.25, -0.2) is 12.8 Å². The van der Waals surface area contributed by atoms with Gasteiger partial charge in [0.15, 0.2) is 0 Å². The number of benzene rings is 1. The quantitative estimate of drug-likeness (QED) is 0.909. The summed E-state index contributed by atoms with van der Waals surface area (Å²) in [5, 5.41) is 9.03. The van der Waals surface area contributed by atoms with E-state index in [2.05, 4.69) is 4.98 Å². The molecule has 2 aromatic rings. The number of hydrogen-bond acceptors (Lipinski definition) is 4. The monoisotopic (exact) mass is 310 g/mol. The van der Waals surface area contributed by atoms with Crippen molar-refractivity contribution in [1.29, 1.82) is 0 Å². The number of pyridine rings is 1. The zero-order valence-corrected chi connectivity index (χ0v) is 12.2. The fourth-order valence-corrected chi connectivity index (χ4v) is 3.05. The molecule has 0 atom stereocenters. The first kappa shape index (κ1) is 15.6. The van der Waals surface area contributed by atoms with E-state index >= 15 is 0 Å². The van der Waals surface area contributed by atoms with E-state index in [1.165, 1.54) is 13.1 Å². The van der Waals surface area contributed by atoms with E-state index in [0.717, 1.165) is 22.0 Å². The van der Waals surface area contributed by atoms with E-state index in [9.17, 15) is 12.8 Å². The van der Waals surface area contributed by atoms with Crippen LogP contribution in [0, 0.1) is 5.82 Å². The van der Waals surface area contributed by atoms with Crippen molar-refractivity contribution in [2.24, 2.45) is 0 Å². The van der Waals surface area contributed by atoms with Gasteiger partial charge in [-0.3, -0.25) is 4.98 Å². The Hall–Kier alpha value is -1.83. The largest absolute Gasteiger partial charge is 0.392 e. The molecule has 0 fully saturated rings. The van der Waals surface area contributed by atoms with Gasteiger partial charge in [-0.1, -0.05) is 0 Å². The molecule has 1 heterocycles. The van der Waals surface area contributed by atoms with Crippen LogP contribution in [0.4, 0.5) is 4.39 Å². The molecule has 0 amide bonds. The van der Waals surface area contributed by atoms with Crippen LogP contribution in [0.2, 0.25) is 0 Å². The molecule has 0 bridgehead atoms. The van der Waals surface area contributed by atoms with Crippen molar-refractivity contribution >= 4 is 10.0 Å². The molecule has 21 heavy (non-hydrogen) atoms. The molecule has 0 aliphatic carbocycles. The van der Waals surface area contributed by atoms with E-state index < -0.39 is 22.4 Å². The fraction of sp³-hybridized carbons (Fsp3) is 0.214. The molecule has 5 nitrogen and oxygen atoms in total. The second-order valence-corrected chi connectivity index (χ2v) is 6.57. The first-order valence-corrected chi connectivity index (χ1v) is 7.63. The lowest BCUT2D eigenvalue weighted by Gasteiger charge is -2.17. The smallest absolute Gasteiger partial charge is 0.243 e. The molecular formula is C14H15FN2O3S. The summed E-state index contributed by atoms with van der Waals surface area (Å²) in [5.74, 6) is -0.631. The Morgan fingerprint density at radius 3 is 2.52 bits per heavy atom. The van der Waals surface area contributed by atoms with Gasteiger partial charge in [-0.15, -0.1) is 0 Å². The van der Waals surface area contributed by atoms with Crippen LogP contribution in [-0.4, -0.2) is 29.9 Å². The lowest BCUT2D eigenvalue weighted by Crippen LogP contribution is -2.26. The Morgan fingerprint density at radius 2 is 1.90 bits per heavy atom. The normalized spacial score (nSPS) is 11.8. The Balaban J connectivity index is 2.29. The average Bonchev–Trinajstić information content (AvgIpc) is 2.48. The summed E-state index contributed by atoms with van der Waals surface area (Å²) >= 11 is 0. The van der Waals surface area contributed by atoms with Crippen LogP contribution < -0.4 is 0 Å². The van der Waals surface area contributed by atoms with Crippen molar-refractivity contribution < 1.29 is 17.9 Å². The molecule has 0 saturated carbocycles. The fourth-order valence-electron chi connectivity index (χ4n) is 1.84. The highest BCUT2D eigenvalue weighted by atomic mass is 32.2. The van der Waals surface area contributed by atoms with Gasteiger partial charge in [0.2, 0.25) is 10.0 Å². The van der Waals surface area contributed by atoms with Crippen LogP contribution in [0.5, 0.6) is 0 Å². The third-order valence-electron chi connectivity index (χ3n) is 3.05. The highest BCUT2D eigenvalue weighted by Crippen LogP contribution is 2.19. The zero-order valence-electron chi connectivity index (χ0n) is 11.4. The third kappa shape index (κ3) is 3.44. The molecule has 0 aliphatic heterocycles. The van der Waals surface area contributed by atoms with Crippen molar-refractivity contribution in [2.45, 2.75) is 18.0 Å². The predicted molar refractivity (Wildman–Crippen MR) is 75.2 cm³/mol. The maximum Gasteiger partial charge on any atom is 0.243 e. The molecule has 0 radical (unpaired) electrons. The second kappa shape index (κ2) is 6.30. The van der Waals surface area contributed by atoms with Gasteiger partial charge in [-0.2, -0.15) is 4.31 Å². The molecule has 1 N–H and O–H groups in total. The minimum atomic E-state index is -3.75. The van der Waals surface area contributed by atoms with Gasteiger partial charge in [0, 0.05) is 31.5 Å². The van der Waals surface area contributed by atoms with Gasteiger partial charge in [0.1, 0.15) is 5.82 Å². The average molecular weight is 310 g/mol. The van der Waals surface area contributed by atoms with E-state index in [-0.39, 0.29) is 17.0 Å². The number of halogens is 1. The molecule has 1 aromatic carbocycles. The van der Waals surface area contributed by atoms with Crippen LogP contribution in [0.25, 0.3) is 0 Å². The Kier molecular flexibility index (Phi) is 4.66. The van der Waals surface area contributed by atoms with Gasteiger partial charge in [0.05, 0.1) is 11.5 Å². The Bertz CT molecular complexity index is 720. The molecule has 0 spiro atoms. The standard InChI is InChI=1S/C14H15FN2O3S/c1-17(9-11-4-6-16-7-5-11)21(19,20)13-2-3-14(15)12(8-13)10-18/h2-8,18H,9-10H2,1H3.